The molecule has 0 radical (unpaired) electrons. The highest BCUT2D eigenvalue weighted by Crippen LogP contribution is 2.25. The minimum atomic E-state index is 0.477. The Balaban J connectivity index is 2.09. The molecule has 2 N–H and O–H groups in total. The van der Waals surface area contributed by atoms with E-state index < -0.39 is 0 Å². The van der Waals surface area contributed by atoms with Crippen LogP contribution >= 0.6 is 0 Å². The number of anilines is 1. The van der Waals surface area contributed by atoms with Crippen molar-refractivity contribution in [1.29, 1.82) is 0 Å². The van der Waals surface area contributed by atoms with Gasteiger partial charge in [0, 0.05) is 0 Å². The lowest BCUT2D eigenvalue weighted by atomic mass is 10.2. The number of benzene rings is 2. The van der Waals surface area contributed by atoms with Crippen LogP contribution in [0.25, 0.3) is 0 Å². The SMILES string of the molecule is COc1cccc(COc2cccc(C)c2N)c1. The molecule has 0 fully saturated rings. The fourth-order valence-electron chi connectivity index (χ4n) is 1.70. The Labute approximate surface area is 107 Å². The Hall–Kier alpha value is -2.16. The Morgan fingerprint density at radius 2 is 1.89 bits per heavy atom. The molecule has 0 unspecified atom stereocenters. The van der Waals surface area contributed by atoms with Crippen LogP contribution in [0.3, 0.4) is 0 Å². The molecule has 3 heteroatoms. The van der Waals surface area contributed by atoms with E-state index in [4.69, 9.17) is 15.2 Å². The summed E-state index contributed by atoms with van der Waals surface area (Å²) in [6, 6.07) is 13.6. The van der Waals surface area contributed by atoms with Crippen LogP contribution in [0.4, 0.5) is 5.69 Å². The molecule has 94 valence electrons. The van der Waals surface area contributed by atoms with Crippen molar-refractivity contribution in [3.8, 4) is 11.5 Å². The van der Waals surface area contributed by atoms with E-state index in [2.05, 4.69) is 0 Å². The molecule has 0 amide bonds. The van der Waals surface area contributed by atoms with Crippen molar-refractivity contribution in [3.63, 3.8) is 0 Å². The maximum atomic E-state index is 5.95. The number of para-hydroxylation sites is 1. The molecule has 0 aliphatic rings. The summed E-state index contributed by atoms with van der Waals surface area (Å²) in [5, 5.41) is 0. The molecule has 3 nitrogen and oxygen atoms in total. The summed E-state index contributed by atoms with van der Waals surface area (Å²) in [6.07, 6.45) is 0. The van der Waals surface area contributed by atoms with E-state index in [1.165, 1.54) is 0 Å². The molecular weight excluding hydrogens is 226 g/mol. The second-order valence-corrected chi connectivity index (χ2v) is 4.13. The second kappa shape index (κ2) is 5.45. The Morgan fingerprint density at radius 1 is 1.11 bits per heavy atom. The molecule has 2 rings (SSSR count). The molecule has 18 heavy (non-hydrogen) atoms. The molecule has 2 aromatic carbocycles. The van der Waals surface area contributed by atoms with Crippen molar-refractivity contribution < 1.29 is 9.47 Å². The molecule has 0 spiro atoms. The highest BCUT2D eigenvalue weighted by molar-refractivity contribution is 5.57. The zero-order chi connectivity index (χ0) is 13.0. The average Bonchev–Trinajstić information content (AvgIpc) is 2.41. The van der Waals surface area contributed by atoms with Crippen molar-refractivity contribution in [2.75, 3.05) is 12.8 Å². The molecular formula is C15H17NO2. The normalized spacial score (nSPS) is 10.1. The van der Waals surface area contributed by atoms with Crippen molar-refractivity contribution in [3.05, 3.63) is 53.6 Å². The fourth-order valence-corrected chi connectivity index (χ4v) is 1.70. The van der Waals surface area contributed by atoms with Crippen LogP contribution in [0, 0.1) is 6.92 Å². The van der Waals surface area contributed by atoms with E-state index in [1.807, 2.05) is 49.4 Å². The summed E-state index contributed by atoms with van der Waals surface area (Å²) >= 11 is 0. The maximum Gasteiger partial charge on any atom is 0.142 e. The average molecular weight is 243 g/mol. The number of hydrogen-bond donors (Lipinski definition) is 1. The van der Waals surface area contributed by atoms with Crippen LogP contribution in [-0.4, -0.2) is 7.11 Å². The Kier molecular flexibility index (Phi) is 3.72. The van der Waals surface area contributed by atoms with Crippen LogP contribution in [-0.2, 0) is 6.61 Å². The highest BCUT2D eigenvalue weighted by atomic mass is 16.5. The van der Waals surface area contributed by atoms with Gasteiger partial charge in [-0.3, -0.25) is 0 Å². The molecule has 0 atom stereocenters. The number of hydrogen-bond acceptors (Lipinski definition) is 3. The topological polar surface area (TPSA) is 44.5 Å². The van der Waals surface area contributed by atoms with Gasteiger partial charge in [-0.25, -0.2) is 0 Å². The van der Waals surface area contributed by atoms with Crippen molar-refractivity contribution in [2.45, 2.75) is 13.5 Å². The largest absolute Gasteiger partial charge is 0.497 e. The van der Waals surface area contributed by atoms with E-state index in [1.54, 1.807) is 7.11 Å². The third-order valence-electron chi connectivity index (χ3n) is 2.81. The summed E-state index contributed by atoms with van der Waals surface area (Å²) in [5.41, 5.74) is 8.73. The van der Waals surface area contributed by atoms with Gasteiger partial charge in [0.1, 0.15) is 18.1 Å². The third kappa shape index (κ3) is 2.74. The van der Waals surface area contributed by atoms with Crippen molar-refractivity contribution >= 4 is 5.69 Å². The fraction of sp³-hybridized carbons (Fsp3) is 0.200. The minimum absolute atomic E-state index is 0.477. The molecule has 0 aliphatic carbocycles. The zero-order valence-electron chi connectivity index (χ0n) is 10.6. The van der Waals surface area contributed by atoms with Gasteiger partial charge in [-0.05, 0) is 36.2 Å². The van der Waals surface area contributed by atoms with E-state index >= 15 is 0 Å². The summed E-state index contributed by atoms with van der Waals surface area (Å²) < 4.78 is 10.9. The summed E-state index contributed by atoms with van der Waals surface area (Å²) in [7, 11) is 1.65. The van der Waals surface area contributed by atoms with Gasteiger partial charge in [-0.1, -0.05) is 24.3 Å². The highest BCUT2D eigenvalue weighted by Gasteiger charge is 2.03. The number of nitrogen functional groups attached to an aromatic ring is 1. The van der Waals surface area contributed by atoms with Gasteiger partial charge in [0.2, 0.25) is 0 Å². The van der Waals surface area contributed by atoms with Crippen LogP contribution in [0.1, 0.15) is 11.1 Å². The lowest BCUT2D eigenvalue weighted by Gasteiger charge is -2.11. The van der Waals surface area contributed by atoms with Crippen LogP contribution in [0.15, 0.2) is 42.5 Å². The second-order valence-electron chi connectivity index (χ2n) is 4.13. The predicted molar refractivity (Wildman–Crippen MR) is 72.9 cm³/mol. The van der Waals surface area contributed by atoms with E-state index in [-0.39, 0.29) is 0 Å². The first-order chi connectivity index (χ1) is 8.70. The number of aryl methyl sites for hydroxylation is 1. The van der Waals surface area contributed by atoms with Gasteiger partial charge in [-0.2, -0.15) is 0 Å². The molecule has 0 saturated carbocycles. The molecule has 0 heterocycles. The van der Waals surface area contributed by atoms with Crippen LogP contribution in [0.2, 0.25) is 0 Å². The van der Waals surface area contributed by atoms with E-state index in [0.29, 0.717) is 12.3 Å². The van der Waals surface area contributed by atoms with Gasteiger partial charge in [0.15, 0.2) is 0 Å². The maximum absolute atomic E-state index is 5.95. The van der Waals surface area contributed by atoms with Gasteiger partial charge in [-0.15, -0.1) is 0 Å². The first-order valence-electron chi connectivity index (χ1n) is 5.81. The van der Waals surface area contributed by atoms with Crippen molar-refractivity contribution in [1.82, 2.24) is 0 Å². The smallest absolute Gasteiger partial charge is 0.142 e. The molecule has 0 aromatic heterocycles. The Bertz CT molecular complexity index is 538. The first kappa shape index (κ1) is 12.3. The summed E-state index contributed by atoms with van der Waals surface area (Å²) in [4.78, 5) is 0. The lowest BCUT2D eigenvalue weighted by Crippen LogP contribution is -2.00. The summed E-state index contributed by atoms with van der Waals surface area (Å²) in [5.74, 6) is 1.55. The molecule has 0 aliphatic heterocycles. The number of rotatable bonds is 4. The lowest BCUT2D eigenvalue weighted by molar-refractivity contribution is 0.307. The zero-order valence-corrected chi connectivity index (χ0v) is 10.6. The third-order valence-corrected chi connectivity index (χ3v) is 2.81. The number of methoxy groups -OCH3 is 1. The quantitative estimate of drug-likeness (QED) is 0.839. The Morgan fingerprint density at radius 3 is 2.67 bits per heavy atom. The number of ether oxygens (including phenoxy) is 2. The van der Waals surface area contributed by atoms with Gasteiger partial charge < -0.3 is 15.2 Å². The van der Waals surface area contributed by atoms with Gasteiger partial charge in [0.25, 0.3) is 0 Å². The molecule has 0 bridgehead atoms. The predicted octanol–water partition coefficient (Wildman–Crippen LogP) is 3.16. The minimum Gasteiger partial charge on any atom is -0.497 e. The number of nitrogens with two attached hydrogens (primary N) is 1. The van der Waals surface area contributed by atoms with Crippen molar-refractivity contribution in [2.24, 2.45) is 0 Å². The van der Waals surface area contributed by atoms with Crippen LogP contribution in [0.5, 0.6) is 11.5 Å². The van der Waals surface area contributed by atoms with Gasteiger partial charge >= 0.3 is 0 Å². The van der Waals surface area contributed by atoms with Crippen LogP contribution < -0.4 is 15.2 Å². The van der Waals surface area contributed by atoms with E-state index in [9.17, 15) is 0 Å². The molecule has 0 saturated heterocycles. The first-order valence-corrected chi connectivity index (χ1v) is 5.81. The van der Waals surface area contributed by atoms with Gasteiger partial charge in [0.05, 0.1) is 12.8 Å². The van der Waals surface area contributed by atoms with E-state index in [0.717, 1.165) is 22.6 Å². The molecule has 2 aromatic rings. The monoisotopic (exact) mass is 243 g/mol. The summed E-state index contributed by atoms with van der Waals surface area (Å²) in [6.45, 7) is 2.44. The standard InChI is InChI=1S/C15H17NO2/c1-11-5-3-8-14(15(11)16)18-10-12-6-4-7-13(9-12)17-2/h3-9H,10,16H2,1-2H3.